The lowest BCUT2D eigenvalue weighted by atomic mass is 10.1. The Morgan fingerprint density at radius 1 is 1.63 bits per heavy atom. The van der Waals surface area contributed by atoms with E-state index in [0.717, 1.165) is 12.6 Å². The second-order valence-corrected chi connectivity index (χ2v) is 4.66. The molecule has 0 spiro atoms. The van der Waals surface area contributed by atoms with Crippen LogP contribution < -0.4 is 0 Å². The molecule has 1 aliphatic heterocycles. The maximum Gasteiger partial charge on any atom is 0.307 e. The largest absolute Gasteiger partial charge is 0.396 e. The summed E-state index contributed by atoms with van der Waals surface area (Å²) in [5.41, 5.74) is -0.118. The number of nitrogens with zero attached hydrogens (tertiary/aromatic N) is 4. The molecule has 1 atom stereocenters. The van der Waals surface area contributed by atoms with Crippen molar-refractivity contribution in [3.05, 3.63) is 22.5 Å². The van der Waals surface area contributed by atoms with Crippen LogP contribution in [-0.2, 0) is 11.3 Å². The van der Waals surface area contributed by atoms with Crippen LogP contribution in [-0.4, -0.2) is 50.3 Å². The van der Waals surface area contributed by atoms with Gasteiger partial charge in [-0.2, -0.15) is 5.10 Å². The molecule has 8 nitrogen and oxygen atoms in total. The Balaban J connectivity index is 1.89. The van der Waals surface area contributed by atoms with Crippen LogP contribution in [0.5, 0.6) is 0 Å². The van der Waals surface area contributed by atoms with E-state index in [2.05, 4.69) is 5.10 Å². The van der Waals surface area contributed by atoms with Gasteiger partial charge in [0.2, 0.25) is 5.91 Å². The zero-order chi connectivity index (χ0) is 13.8. The molecule has 1 aromatic heterocycles. The van der Waals surface area contributed by atoms with Crippen molar-refractivity contribution < 1.29 is 14.8 Å². The third kappa shape index (κ3) is 3.28. The fourth-order valence-electron chi connectivity index (χ4n) is 2.25. The highest BCUT2D eigenvalue weighted by molar-refractivity contribution is 5.76. The average molecular weight is 268 g/mol. The molecule has 2 heterocycles. The Hall–Kier alpha value is -1.96. The van der Waals surface area contributed by atoms with E-state index in [1.807, 2.05) is 0 Å². The summed E-state index contributed by atoms with van der Waals surface area (Å²) in [6.45, 7) is 1.47. The monoisotopic (exact) mass is 268 g/mol. The molecule has 0 bridgehead atoms. The highest BCUT2D eigenvalue weighted by Crippen LogP contribution is 2.19. The molecule has 2 rings (SSSR count). The van der Waals surface area contributed by atoms with E-state index in [4.69, 9.17) is 5.11 Å². The van der Waals surface area contributed by atoms with Crippen LogP contribution in [0.2, 0.25) is 0 Å². The van der Waals surface area contributed by atoms with Gasteiger partial charge in [0.15, 0.2) is 0 Å². The van der Waals surface area contributed by atoms with Gasteiger partial charge in [-0.3, -0.25) is 19.6 Å². The predicted octanol–water partition coefficient (Wildman–Crippen LogP) is 0.0222. The molecule has 1 amide bonds. The van der Waals surface area contributed by atoms with Crippen LogP contribution in [0.4, 0.5) is 5.69 Å². The van der Waals surface area contributed by atoms with Gasteiger partial charge in [0, 0.05) is 19.7 Å². The molecule has 1 aliphatic rings. The topological polar surface area (TPSA) is 102 Å². The van der Waals surface area contributed by atoms with Gasteiger partial charge in [-0.05, 0) is 18.8 Å². The number of carbonyl (C=O) groups is 1. The number of likely N-dealkylation sites (tertiary alicyclic amines) is 1. The number of aromatic nitrogens is 2. The average Bonchev–Trinajstić information content (AvgIpc) is 2.98. The zero-order valence-electron chi connectivity index (χ0n) is 10.4. The van der Waals surface area contributed by atoms with Crippen molar-refractivity contribution >= 4 is 11.6 Å². The van der Waals surface area contributed by atoms with Crippen LogP contribution in [0.1, 0.15) is 12.8 Å². The summed E-state index contributed by atoms with van der Waals surface area (Å²) in [6, 6.07) is 0. The van der Waals surface area contributed by atoms with Gasteiger partial charge in [-0.1, -0.05) is 0 Å². The standard InChI is InChI=1S/C11H16N4O4/c16-4-2-9-1-3-13(6-9)11(17)8-14-7-10(5-12-14)15(18)19/h5,7,9,16H,1-4,6,8H2. The van der Waals surface area contributed by atoms with E-state index in [9.17, 15) is 14.9 Å². The molecule has 0 aliphatic carbocycles. The Bertz CT molecular complexity index is 473. The van der Waals surface area contributed by atoms with Gasteiger partial charge >= 0.3 is 5.69 Å². The van der Waals surface area contributed by atoms with Crippen LogP contribution in [0, 0.1) is 16.0 Å². The van der Waals surface area contributed by atoms with Crippen LogP contribution in [0.3, 0.4) is 0 Å². The van der Waals surface area contributed by atoms with E-state index in [-0.39, 0.29) is 24.7 Å². The lowest BCUT2D eigenvalue weighted by molar-refractivity contribution is -0.385. The Labute approximate surface area is 109 Å². The first kappa shape index (κ1) is 13.5. The number of amides is 1. The summed E-state index contributed by atoms with van der Waals surface area (Å²) in [5.74, 6) is 0.249. The summed E-state index contributed by atoms with van der Waals surface area (Å²) in [5, 5.41) is 23.2. The second kappa shape index (κ2) is 5.79. The number of carbonyl (C=O) groups excluding carboxylic acids is 1. The van der Waals surface area contributed by atoms with Gasteiger partial charge in [-0.25, -0.2) is 0 Å². The molecule has 0 aromatic carbocycles. The molecule has 1 N–H and O–H groups in total. The molecule has 1 saturated heterocycles. The molecular weight excluding hydrogens is 252 g/mol. The van der Waals surface area contributed by atoms with Crippen molar-refractivity contribution in [2.24, 2.45) is 5.92 Å². The minimum atomic E-state index is -0.541. The van der Waals surface area contributed by atoms with E-state index < -0.39 is 4.92 Å². The number of nitro groups is 1. The highest BCUT2D eigenvalue weighted by Gasteiger charge is 2.26. The molecule has 1 fully saturated rings. The summed E-state index contributed by atoms with van der Waals surface area (Å²) in [6.07, 6.45) is 3.98. The summed E-state index contributed by atoms with van der Waals surface area (Å²) < 4.78 is 1.28. The van der Waals surface area contributed by atoms with Crippen LogP contribution >= 0.6 is 0 Å². The maximum atomic E-state index is 12.0. The van der Waals surface area contributed by atoms with Crippen molar-refractivity contribution in [3.8, 4) is 0 Å². The molecule has 1 aromatic rings. The summed E-state index contributed by atoms with van der Waals surface area (Å²) in [7, 11) is 0. The van der Waals surface area contributed by atoms with Crippen molar-refractivity contribution in [1.82, 2.24) is 14.7 Å². The molecular formula is C11H16N4O4. The third-order valence-electron chi connectivity index (χ3n) is 3.30. The van der Waals surface area contributed by atoms with E-state index in [1.54, 1.807) is 4.90 Å². The quantitative estimate of drug-likeness (QED) is 0.599. The molecule has 0 saturated carbocycles. The highest BCUT2D eigenvalue weighted by atomic mass is 16.6. The smallest absolute Gasteiger partial charge is 0.307 e. The fraction of sp³-hybridized carbons (Fsp3) is 0.636. The SMILES string of the molecule is O=C(Cn1cc([N+](=O)[O-])cn1)N1CCC(CCO)C1. The minimum Gasteiger partial charge on any atom is -0.396 e. The van der Waals surface area contributed by atoms with Crippen molar-refractivity contribution in [2.75, 3.05) is 19.7 Å². The van der Waals surface area contributed by atoms with Crippen LogP contribution in [0.25, 0.3) is 0 Å². The number of rotatable bonds is 5. The summed E-state index contributed by atoms with van der Waals surface area (Å²) in [4.78, 5) is 23.7. The molecule has 1 unspecified atom stereocenters. The number of hydrogen-bond acceptors (Lipinski definition) is 5. The molecule has 104 valence electrons. The number of aliphatic hydroxyl groups is 1. The molecule has 19 heavy (non-hydrogen) atoms. The fourth-order valence-corrected chi connectivity index (χ4v) is 2.25. The Morgan fingerprint density at radius 3 is 3.05 bits per heavy atom. The van der Waals surface area contributed by atoms with Gasteiger partial charge in [0.25, 0.3) is 0 Å². The second-order valence-electron chi connectivity index (χ2n) is 4.66. The Kier molecular flexibility index (Phi) is 4.10. The number of hydrogen-bond donors (Lipinski definition) is 1. The van der Waals surface area contributed by atoms with Gasteiger partial charge in [0.1, 0.15) is 18.9 Å². The third-order valence-corrected chi connectivity index (χ3v) is 3.30. The first-order valence-corrected chi connectivity index (χ1v) is 6.15. The van der Waals surface area contributed by atoms with Crippen molar-refractivity contribution in [2.45, 2.75) is 19.4 Å². The van der Waals surface area contributed by atoms with Gasteiger partial charge in [0.05, 0.1) is 4.92 Å². The van der Waals surface area contributed by atoms with Crippen molar-refractivity contribution in [3.63, 3.8) is 0 Å². The number of aliphatic hydroxyl groups excluding tert-OH is 1. The van der Waals surface area contributed by atoms with E-state index in [1.165, 1.54) is 10.9 Å². The van der Waals surface area contributed by atoms with Gasteiger partial charge in [-0.15, -0.1) is 0 Å². The van der Waals surface area contributed by atoms with E-state index in [0.29, 0.717) is 25.4 Å². The van der Waals surface area contributed by atoms with Gasteiger partial charge < -0.3 is 10.0 Å². The first-order chi connectivity index (χ1) is 9.10. The van der Waals surface area contributed by atoms with Crippen LogP contribution in [0.15, 0.2) is 12.4 Å². The molecule has 8 heteroatoms. The minimum absolute atomic E-state index is 0.0136. The van der Waals surface area contributed by atoms with E-state index >= 15 is 0 Å². The zero-order valence-corrected chi connectivity index (χ0v) is 10.4. The first-order valence-electron chi connectivity index (χ1n) is 6.15. The lowest BCUT2D eigenvalue weighted by Gasteiger charge is -2.16. The Morgan fingerprint density at radius 2 is 2.42 bits per heavy atom. The maximum absolute atomic E-state index is 12.0. The predicted molar refractivity (Wildman–Crippen MR) is 65.3 cm³/mol. The normalized spacial score (nSPS) is 18.8. The van der Waals surface area contributed by atoms with Crippen molar-refractivity contribution in [1.29, 1.82) is 0 Å². The summed E-state index contributed by atoms with van der Waals surface area (Å²) >= 11 is 0. The lowest BCUT2D eigenvalue weighted by Crippen LogP contribution is -2.32. The molecule has 0 radical (unpaired) electrons.